The highest BCUT2D eigenvalue weighted by molar-refractivity contribution is 7.89. The fourth-order valence-electron chi connectivity index (χ4n) is 2.58. The number of hydrogen-bond acceptors (Lipinski definition) is 3. The van der Waals surface area contributed by atoms with Crippen LogP contribution in [0.2, 0.25) is 5.02 Å². The summed E-state index contributed by atoms with van der Waals surface area (Å²) in [6.07, 6.45) is 0.853. The van der Waals surface area contributed by atoms with Crippen molar-refractivity contribution in [3.8, 4) is 0 Å². The van der Waals surface area contributed by atoms with Crippen molar-refractivity contribution in [3.63, 3.8) is 0 Å². The van der Waals surface area contributed by atoms with Gasteiger partial charge in [0.05, 0.1) is 5.02 Å². The fourth-order valence-corrected chi connectivity index (χ4v) is 4.97. The third-order valence-corrected chi connectivity index (χ3v) is 6.23. The number of nitrogens with zero attached hydrogens (tertiary/aromatic N) is 1. The first-order chi connectivity index (χ1) is 9.23. The van der Waals surface area contributed by atoms with E-state index in [1.54, 1.807) is 6.07 Å². The molecule has 110 valence electrons. The summed E-state index contributed by atoms with van der Waals surface area (Å²) in [6, 6.07) is 4.57. The van der Waals surface area contributed by atoms with Crippen LogP contribution in [0, 0.1) is 5.92 Å². The molecule has 2 N–H and O–H groups in total. The van der Waals surface area contributed by atoms with Crippen molar-refractivity contribution in [2.45, 2.75) is 31.2 Å². The summed E-state index contributed by atoms with van der Waals surface area (Å²) in [6.45, 7) is 4.46. The van der Waals surface area contributed by atoms with Gasteiger partial charge in [-0.25, -0.2) is 8.42 Å². The molecule has 1 saturated heterocycles. The Morgan fingerprint density at radius 3 is 2.60 bits per heavy atom. The van der Waals surface area contributed by atoms with Gasteiger partial charge in [0.2, 0.25) is 10.0 Å². The quantitative estimate of drug-likeness (QED) is 0.863. The van der Waals surface area contributed by atoms with Crippen molar-refractivity contribution in [1.82, 2.24) is 4.31 Å². The molecule has 0 aromatic heterocycles. The summed E-state index contributed by atoms with van der Waals surface area (Å²) in [7, 11) is -3.62. The maximum atomic E-state index is 12.7. The molecular formula is C13H17ClN2O2S2. The lowest BCUT2D eigenvalue weighted by molar-refractivity contribution is 0.405. The third-order valence-electron chi connectivity index (χ3n) is 3.53. The van der Waals surface area contributed by atoms with Crippen LogP contribution in [-0.2, 0) is 10.0 Å². The molecule has 0 saturated carbocycles. The molecule has 0 radical (unpaired) electrons. The first-order valence-corrected chi connectivity index (χ1v) is 8.57. The zero-order valence-electron chi connectivity index (χ0n) is 11.3. The Hall–Kier alpha value is -0.690. The van der Waals surface area contributed by atoms with Gasteiger partial charge in [0, 0.05) is 18.2 Å². The van der Waals surface area contributed by atoms with Crippen LogP contribution >= 0.6 is 23.8 Å². The maximum absolute atomic E-state index is 12.7. The molecule has 4 nitrogen and oxygen atoms in total. The summed E-state index contributed by atoms with van der Waals surface area (Å²) in [4.78, 5) is 0.228. The topological polar surface area (TPSA) is 63.4 Å². The second-order valence-corrected chi connectivity index (χ2v) is 7.98. The van der Waals surface area contributed by atoms with Crippen molar-refractivity contribution in [2.24, 2.45) is 11.7 Å². The van der Waals surface area contributed by atoms with E-state index in [1.165, 1.54) is 16.4 Å². The van der Waals surface area contributed by atoms with Gasteiger partial charge >= 0.3 is 0 Å². The van der Waals surface area contributed by atoms with E-state index in [-0.39, 0.29) is 20.9 Å². The highest BCUT2D eigenvalue weighted by Crippen LogP contribution is 2.32. The third kappa shape index (κ3) is 2.83. The number of thiocarbonyl (C=S) groups is 1. The largest absolute Gasteiger partial charge is 0.389 e. The monoisotopic (exact) mass is 332 g/mol. The lowest BCUT2D eigenvalue weighted by atomic mass is 10.1. The number of hydrogen-bond donors (Lipinski definition) is 1. The Morgan fingerprint density at radius 2 is 2.10 bits per heavy atom. The molecule has 0 aliphatic carbocycles. The smallest absolute Gasteiger partial charge is 0.244 e. The normalized spacial score (nSPS) is 23.9. The van der Waals surface area contributed by atoms with Gasteiger partial charge in [-0.3, -0.25) is 0 Å². The first kappa shape index (κ1) is 15.7. The fraction of sp³-hybridized carbons (Fsp3) is 0.462. The van der Waals surface area contributed by atoms with Crippen molar-refractivity contribution >= 4 is 38.8 Å². The second-order valence-electron chi connectivity index (χ2n) is 5.27. The van der Waals surface area contributed by atoms with Crippen molar-refractivity contribution in [2.75, 3.05) is 6.54 Å². The average Bonchev–Trinajstić information content (AvgIpc) is 2.69. The molecule has 1 aromatic rings. The molecule has 7 heteroatoms. The Labute approximate surface area is 130 Å². The Bertz CT molecular complexity index is 646. The van der Waals surface area contributed by atoms with Crippen molar-refractivity contribution < 1.29 is 8.42 Å². The number of nitrogens with two attached hydrogens (primary N) is 1. The molecule has 0 spiro atoms. The molecule has 1 aliphatic heterocycles. The van der Waals surface area contributed by atoms with Crippen LogP contribution in [0.25, 0.3) is 0 Å². The van der Waals surface area contributed by atoms with E-state index < -0.39 is 10.0 Å². The minimum Gasteiger partial charge on any atom is -0.389 e. The standard InChI is InChI=1S/C13H17ClN2O2S2/c1-8-5-9(2)16(7-8)20(17,18)12-6-10(13(15)19)3-4-11(12)14/h3-4,6,8-9H,5,7H2,1-2H3,(H2,15,19). The molecular weight excluding hydrogens is 316 g/mol. The van der Waals surface area contributed by atoms with Gasteiger partial charge in [-0.05, 0) is 31.4 Å². The molecule has 0 bridgehead atoms. The van der Waals surface area contributed by atoms with Crippen molar-refractivity contribution in [3.05, 3.63) is 28.8 Å². The lowest BCUT2D eigenvalue weighted by Gasteiger charge is -2.22. The maximum Gasteiger partial charge on any atom is 0.244 e. The Kier molecular flexibility index (Phi) is 4.39. The van der Waals surface area contributed by atoms with Gasteiger partial charge in [0.1, 0.15) is 9.88 Å². The molecule has 2 unspecified atom stereocenters. The molecule has 1 heterocycles. The van der Waals surface area contributed by atoms with E-state index in [4.69, 9.17) is 29.6 Å². The molecule has 1 aromatic carbocycles. The van der Waals surface area contributed by atoms with Gasteiger partial charge in [-0.1, -0.05) is 36.8 Å². The number of benzene rings is 1. The number of rotatable bonds is 3. The van der Waals surface area contributed by atoms with Crippen molar-refractivity contribution in [1.29, 1.82) is 0 Å². The summed E-state index contributed by atoms with van der Waals surface area (Å²) in [5.41, 5.74) is 6.06. The zero-order valence-corrected chi connectivity index (χ0v) is 13.7. The summed E-state index contributed by atoms with van der Waals surface area (Å²) < 4.78 is 27.0. The Morgan fingerprint density at radius 1 is 1.45 bits per heavy atom. The number of halogens is 1. The first-order valence-electron chi connectivity index (χ1n) is 6.34. The second kappa shape index (κ2) is 5.60. The van der Waals surface area contributed by atoms with E-state index in [0.717, 1.165) is 6.42 Å². The van der Waals surface area contributed by atoms with E-state index in [9.17, 15) is 8.42 Å². The van der Waals surface area contributed by atoms with Crippen LogP contribution in [0.3, 0.4) is 0 Å². The average molecular weight is 333 g/mol. The van der Waals surface area contributed by atoms with Crippen LogP contribution in [0.1, 0.15) is 25.8 Å². The molecule has 1 fully saturated rings. The van der Waals surface area contributed by atoms with Gasteiger partial charge in [-0.15, -0.1) is 0 Å². The van der Waals surface area contributed by atoms with Gasteiger partial charge in [-0.2, -0.15) is 4.31 Å². The predicted molar refractivity (Wildman–Crippen MR) is 84.5 cm³/mol. The molecule has 0 amide bonds. The van der Waals surface area contributed by atoms with Crippen LogP contribution in [-0.4, -0.2) is 30.3 Å². The minimum absolute atomic E-state index is 0.0282. The van der Waals surface area contributed by atoms with Gasteiger partial charge < -0.3 is 5.73 Å². The lowest BCUT2D eigenvalue weighted by Crippen LogP contribution is -2.34. The summed E-state index contributed by atoms with van der Waals surface area (Å²) >= 11 is 10.9. The van der Waals surface area contributed by atoms with E-state index >= 15 is 0 Å². The highest BCUT2D eigenvalue weighted by Gasteiger charge is 2.37. The highest BCUT2D eigenvalue weighted by atomic mass is 35.5. The summed E-state index contributed by atoms with van der Waals surface area (Å²) in [5.74, 6) is 0.345. The van der Waals surface area contributed by atoms with Gasteiger partial charge in [0.15, 0.2) is 0 Å². The predicted octanol–water partition coefficient (Wildman–Crippen LogP) is 2.39. The Balaban J connectivity index is 2.49. The van der Waals surface area contributed by atoms with Crippen LogP contribution in [0.5, 0.6) is 0 Å². The van der Waals surface area contributed by atoms with Crippen LogP contribution in [0.4, 0.5) is 0 Å². The number of sulfonamides is 1. The van der Waals surface area contributed by atoms with Gasteiger partial charge in [0.25, 0.3) is 0 Å². The molecule has 2 rings (SSSR count). The van der Waals surface area contributed by atoms with E-state index in [2.05, 4.69) is 0 Å². The molecule has 2 atom stereocenters. The van der Waals surface area contributed by atoms with Crippen LogP contribution < -0.4 is 5.73 Å². The van der Waals surface area contributed by atoms with E-state index in [1.807, 2.05) is 13.8 Å². The van der Waals surface area contributed by atoms with Crippen LogP contribution in [0.15, 0.2) is 23.1 Å². The van der Waals surface area contributed by atoms with E-state index in [0.29, 0.717) is 18.0 Å². The SMILES string of the molecule is CC1CC(C)N(S(=O)(=O)c2cc(C(N)=S)ccc2Cl)C1. The molecule has 20 heavy (non-hydrogen) atoms. The minimum atomic E-state index is -3.62. The zero-order chi connectivity index (χ0) is 15.1. The summed E-state index contributed by atoms with van der Waals surface area (Å²) in [5, 5.41) is 0.191. The molecule has 1 aliphatic rings.